The Balaban J connectivity index is 2.37. The maximum absolute atomic E-state index is 11.1. The lowest BCUT2D eigenvalue weighted by atomic mass is 10.1. The molecule has 0 aliphatic heterocycles. The van der Waals surface area contributed by atoms with Crippen LogP contribution in [0.4, 0.5) is 17.1 Å². The van der Waals surface area contributed by atoms with Crippen molar-refractivity contribution in [2.24, 2.45) is 0 Å². The highest BCUT2D eigenvalue weighted by atomic mass is 16.5. The number of nitrogen functional groups attached to an aromatic ring is 1. The van der Waals surface area contributed by atoms with Gasteiger partial charge < -0.3 is 20.9 Å². The zero-order valence-electron chi connectivity index (χ0n) is 11.3. The molecule has 2 aromatic carbocycles. The van der Waals surface area contributed by atoms with Crippen molar-refractivity contribution in [3.63, 3.8) is 0 Å². The van der Waals surface area contributed by atoms with Gasteiger partial charge in [0.05, 0.1) is 18.4 Å². The molecule has 0 aliphatic rings. The molecule has 2 rings (SSSR count). The Morgan fingerprint density at radius 3 is 2.65 bits per heavy atom. The summed E-state index contributed by atoms with van der Waals surface area (Å²) in [6, 6.07) is 10.5. The summed E-state index contributed by atoms with van der Waals surface area (Å²) in [5.74, 6) is -0.369. The van der Waals surface area contributed by atoms with Crippen molar-refractivity contribution in [1.29, 1.82) is 0 Å². The van der Waals surface area contributed by atoms with Crippen LogP contribution in [0, 0.1) is 6.92 Å². The SMILES string of the molecule is COc1ccc(C)cc1Nc1ccc(N)c(C(=O)O)c1. The van der Waals surface area contributed by atoms with Crippen molar-refractivity contribution in [3.8, 4) is 5.75 Å². The van der Waals surface area contributed by atoms with Gasteiger partial charge in [-0.05, 0) is 42.8 Å². The molecule has 0 saturated carbocycles. The quantitative estimate of drug-likeness (QED) is 0.745. The van der Waals surface area contributed by atoms with Crippen molar-refractivity contribution in [2.45, 2.75) is 6.92 Å². The maximum Gasteiger partial charge on any atom is 0.337 e. The lowest BCUT2D eigenvalue weighted by Gasteiger charge is -2.13. The van der Waals surface area contributed by atoms with Crippen LogP contribution in [0.15, 0.2) is 36.4 Å². The van der Waals surface area contributed by atoms with Crippen molar-refractivity contribution >= 4 is 23.0 Å². The summed E-state index contributed by atoms with van der Waals surface area (Å²) < 4.78 is 5.27. The zero-order valence-corrected chi connectivity index (χ0v) is 11.3. The number of ether oxygens (including phenoxy) is 1. The third kappa shape index (κ3) is 2.83. The van der Waals surface area contributed by atoms with Gasteiger partial charge >= 0.3 is 5.97 Å². The van der Waals surface area contributed by atoms with Crippen LogP contribution in [0.1, 0.15) is 15.9 Å². The highest BCUT2D eigenvalue weighted by molar-refractivity contribution is 5.95. The van der Waals surface area contributed by atoms with E-state index < -0.39 is 5.97 Å². The minimum absolute atomic E-state index is 0.0709. The minimum Gasteiger partial charge on any atom is -0.495 e. The molecule has 0 radical (unpaired) electrons. The van der Waals surface area contributed by atoms with E-state index in [1.165, 1.54) is 6.07 Å². The van der Waals surface area contributed by atoms with E-state index in [1.807, 2.05) is 25.1 Å². The Labute approximate surface area is 117 Å². The number of carboxylic acid groups (broad SMARTS) is 1. The second-order valence-electron chi connectivity index (χ2n) is 4.44. The Bertz CT molecular complexity index is 654. The van der Waals surface area contributed by atoms with Gasteiger partial charge in [0.25, 0.3) is 0 Å². The molecule has 20 heavy (non-hydrogen) atoms. The minimum atomic E-state index is -1.05. The van der Waals surface area contributed by atoms with E-state index in [2.05, 4.69) is 5.32 Å². The number of anilines is 3. The number of hydrogen-bond acceptors (Lipinski definition) is 4. The first-order valence-electron chi connectivity index (χ1n) is 6.05. The predicted molar refractivity (Wildman–Crippen MR) is 78.8 cm³/mol. The van der Waals surface area contributed by atoms with Crippen LogP contribution in [-0.2, 0) is 0 Å². The summed E-state index contributed by atoms with van der Waals surface area (Å²) in [6.07, 6.45) is 0. The number of carbonyl (C=O) groups is 1. The van der Waals surface area contributed by atoms with E-state index in [1.54, 1.807) is 19.2 Å². The molecule has 0 bridgehead atoms. The van der Waals surface area contributed by atoms with Crippen molar-refractivity contribution in [1.82, 2.24) is 0 Å². The number of carboxylic acids is 1. The molecule has 0 atom stereocenters. The van der Waals surface area contributed by atoms with E-state index in [4.69, 9.17) is 15.6 Å². The predicted octanol–water partition coefficient (Wildman–Crippen LogP) is 3.03. The fourth-order valence-electron chi connectivity index (χ4n) is 1.89. The topological polar surface area (TPSA) is 84.6 Å². The van der Waals surface area contributed by atoms with Gasteiger partial charge in [-0.25, -0.2) is 4.79 Å². The molecule has 0 aromatic heterocycles. The summed E-state index contributed by atoms with van der Waals surface area (Å²) in [6.45, 7) is 1.97. The maximum atomic E-state index is 11.1. The van der Waals surface area contributed by atoms with Crippen LogP contribution in [0.25, 0.3) is 0 Å². The molecule has 4 N–H and O–H groups in total. The molecule has 0 aliphatic carbocycles. The van der Waals surface area contributed by atoms with Crippen molar-refractivity contribution in [3.05, 3.63) is 47.5 Å². The van der Waals surface area contributed by atoms with Gasteiger partial charge in [-0.2, -0.15) is 0 Å². The average molecular weight is 272 g/mol. The molecular formula is C15H16N2O3. The fraction of sp³-hybridized carbons (Fsp3) is 0.133. The van der Waals surface area contributed by atoms with Gasteiger partial charge in [0.15, 0.2) is 0 Å². The number of methoxy groups -OCH3 is 1. The molecule has 104 valence electrons. The van der Waals surface area contributed by atoms with E-state index >= 15 is 0 Å². The highest BCUT2D eigenvalue weighted by Crippen LogP contribution is 2.29. The van der Waals surface area contributed by atoms with Gasteiger partial charge in [-0.3, -0.25) is 0 Å². The zero-order chi connectivity index (χ0) is 14.7. The first kappa shape index (κ1) is 13.7. The van der Waals surface area contributed by atoms with Crippen LogP contribution in [0.5, 0.6) is 5.75 Å². The second kappa shape index (κ2) is 5.52. The highest BCUT2D eigenvalue weighted by Gasteiger charge is 2.10. The number of aryl methyl sites for hydroxylation is 1. The fourth-order valence-corrected chi connectivity index (χ4v) is 1.89. The largest absolute Gasteiger partial charge is 0.495 e. The molecule has 0 saturated heterocycles. The molecule has 0 fully saturated rings. The number of nitrogens with two attached hydrogens (primary N) is 1. The summed E-state index contributed by atoms with van der Waals surface area (Å²) in [5, 5.41) is 12.2. The van der Waals surface area contributed by atoms with Gasteiger partial charge in [0.1, 0.15) is 5.75 Å². The third-order valence-electron chi connectivity index (χ3n) is 2.92. The normalized spacial score (nSPS) is 10.1. The van der Waals surface area contributed by atoms with Crippen LogP contribution < -0.4 is 15.8 Å². The molecule has 0 heterocycles. The molecular weight excluding hydrogens is 256 g/mol. The van der Waals surface area contributed by atoms with Gasteiger partial charge in [-0.15, -0.1) is 0 Å². The molecule has 5 heteroatoms. The molecule has 0 spiro atoms. The second-order valence-corrected chi connectivity index (χ2v) is 4.44. The molecule has 0 unspecified atom stereocenters. The Morgan fingerprint density at radius 2 is 2.00 bits per heavy atom. The molecule has 0 amide bonds. The van der Waals surface area contributed by atoms with Crippen LogP contribution in [0.3, 0.4) is 0 Å². The number of benzene rings is 2. The summed E-state index contributed by atoms with van der Waals surface area (Å²) in [4.78, 5) is 11.1. The van der Waals surface area contributed by atoms with E-state index in [0.717, 1.165) is 11.3 Å². The Hall–Kier alpha value is -2.69. The lowest BCUT2D eigenvalue weighted by molar-refractivity contribution is 0.0698. The van der Waals surface area contributed by atoms with Crippen LogP contribution >= 0.6 is 0 Å². The Morgan fingerprint density at radius 1 is 1.25 bits per heavy atom. The third-order valence-corrected chi connectivity index (χ3v) is 2.92. The lowest BCUT2D eigenvalue weighted by Crippen LogP contribution is -2.03. The smallest absolute Gasteiger partial charge is 0.337 e. The first-order chi connectivity index (χ1) is 9.51. The standard InChI is InChI=1S/C15H16N2O3/c1-9-3-6-14(20-2)13(7-9)17-10-4-5-12(16)11(8-10)15(18)19/h3-8,17H,16H2,1-2H3,(H,18,19). The summed E-state index contributed by atoms with van der Waals surface area (Å²) in [7, 11) is 1.58. The Kier molecular flexibility index (Phi) is 3.79. The number of rotatable bonds is 4. The van der Waals surface area contributed by atoms with Gasteiger partial charge in [0, 0.05) is 11.4 Å². The van der Waals surface area contributed by atoms with E-state index in [0.29, 0.717) is 11.4 Å². The van der Waals surface area contributed by atoms with Crippen molar-refractivity contribution in [2.75, 3.05) is 18.2 Å². The van der Waals surface area contributed by atoms with Crippen molar-refractivity contribution < 1.29 is 14.6 Å². The first-order valence-corrected chi connectivity index (χ1v) is 6.05. The summed E-state index contributed by atoms with van der Waals surface area (Å²) >= 11 is 0. The number of hydrogen-bond donors (Lipinski definition) is 3. The van der Waals surface area contributed by atoms with Crippen LogP contribution in [-0.4, -0.2) is 18.2 Å². The monoisotopic (exact) mass is 272 g/mol. The van der Waals surface area contributed by atoms with E-state index in [-0.39, 0.29) is 11.3 Å². The number of aromatic carboxylic acids is 1. The molecule has 5 nitrogen and oxygen atoms in total. The molecule has 2 aromatic rings. The summed E-state index contributed by atoms with van der Waals surface area (Å²) in [5.41, 5.74) is 8.42. The van der Waals surface area contributed by atoms with Gasteiger partial charge in [-0.1, -0.05) is 6.07 Å². The number of nitrogens with one attached hydrogen (secondary N) is 1. The van der Waals surface area contributed by atoms with Gasteiger partial charge in [0.2, 0.25) is 0 Å². The average Bonchev–Trinajstić information content (AvgIpc) is 2.41. The van der Waals surface area contributed by atoms with E-state index in [9.17, 15) is 4.79 Å². The van der Waals surface area contributed by atoms with Crippen LogP contribution in [0.2, 0.25) is 0 Å².